The Morgan fingerprint density at radius 2 is 2.18 bits per heavy atom. The van der Waals surface area contributed by atoms with E-state index in [4.69, 9.17) is 10.5 Å². The lowest BCUT2D eigenvalue weighted by Crippen LogP contribution is -2.01. The van der Waals surface area contributed by atoms with Crippen LogP contribution in [-0.4, -0.2) is 12.6 Å². The minimum Gasteiger partial charge on any atom is -0.465 e. The molecule has 3 heteroatoms. The van der Waals surface area contributed by atoms with Crippen molar-refractivity contribution in [3.05, 3.63) is 29.3 Å². The molecule has 1 aromatic rings. The summed E-state index contributed by atoms with van der Waals surface area (Å²) in [6.45, 7) is 4.23. The molecule has 0 spiro atoms. The predicted octanol–water partition coefficient (Wildman–Crippen LogP) is 2.14. The number of aryl methyl sites for hydroxylation is 1. The Bertz CT molecular complexity index is 455. The van der Waals surface area contributed by atoms with Crippen LogP contribution < -0.4 is 5.73 Å². The minimum absolute atomic E-state index is 0.101. The maximum Gasteiger partial charge on any atom is 0.317 e. The summed E-state index contributed by atoms with van der Waals surface area (Å²) < 4.78 is 4.78. The van der Waals surface area contributed by atoms with Gasteiger partial charge in [-0.25, -0.2) is 0 Å². The normalized spacial score (nSPS) is 9.29. The van der Waals surface area contributed by atoms with Gasteiger partial charge in [0.1, 0.15) is 6.42 Å². The van der Waals surface area contributed by atoms with Gasteiger partial charge in [-0.3, -0.25) is 4.79 Å². The van der Waals surface area contributed by atoms with E-state index >= 15 is 0 Å². The minimum atomic E-state index is -0.301. The number of nitrogen functional groups attached to an aromatic ring is 1. The summed E-state index contributed by atoms with van der Waals surface area (Å²) in [4.78, 5) is 11.1. The molecule has 90 valence electrons. The topological polar surface area (TPSA) is 52.3 Å². The Morgan fingerprint density at radius 1 is 1.41 bits per heavy atom. The quantitative estimate of drug-likeness (QED) is 0.492. The molecule has 0 unspecified atom stereocenters. The molecule has 0 amide bonds. The second kappa shape index (κ2) is 6.59. The molecule has 0 aliphatic carbocycles. The number of benzene rings is 1. The largest absolute Gasteiger partial charge is 0.465 e. The summed E-state index contributed by atoms with van der Waals surface area (Å²) in [6.07, 6.45) is 1.04. The van der Waals surface area contributed by atoms with Gasteiger partial charge in [0.2, 0.25) is 0 Å². The van der Waals surface area contributed by atoms with Crippen LogP contribution in [0.3, 0.4) is 0 Å². The van der Waals surface area contributed by atoms with Gasteiger partial charge in [-0.1, -0.05) is 24.8 Å². The maximum atomic E-state index is 11.1. The SMILES string of the molecule is CCOC(=O)CC#Cc1cc(CC)ccc1N. The third-order valence-corrected chi connectivity index (χ3v) is 2.29. The first kappa shape index (κ1) is 13.1. The first-order valence-corrected chi connectivity index (χ1v) is 5.70. The van der Waals surface area contributed by atoms with Crippen molar-refractivity contribution >= 4 is 11.7 Å². The second-order valence-electron chi connectivity index (χ2n) is 3.56. The number of hydrogen-bond donors (Lipinski definition) is 1. The summed E-state index contributed by atoms with van der Waals surface area (Å²) >= 11 is 0. The van der Waals surface area contributed by atoms with Crippen molar-refractivity contribution in [2.24, 2.45) is 0 Å². The van der Waals surface area contributed by atoms with Crippen molar-refractivity contribution in [2.75, 3.05) is 12.3 Å². The number of carbonyl (C=O) groups is 1. The van der Waals surface area contributed by atoms with Crippen molar-refractivity contribution < 1.29 is 9.53 Å². The molecule has 0 radical (unpaired) electrons. The lowest BCUT2D eigenvalue weighted by Gasteiger charge is -2.01. The van der Waals surface area contributed by atoms with Gasteiger partial charge in [-0.2, -0.15) is 0 Å². The van der Waals surface area contributed by atoms with Gasteiger partial charge in [-0.05, 0) is 31.0 Å². The first-order chi connectivity index (χ1) is 8.17. The Kier molecular flexibility index (Phi) is 5.09. The average molecular weight is 231 g/mol. The molecule has 1 rings (SSSR count). The molecule has 17 heavy (non-hydrogen) atoms. The van der Waals surface area contributed by atoms with Gasteiger partial charge in [0.25, 0.3) is 0 Å². The molecule has 0 saturated heterocycles. The van der Waals surface area contributed by atoms with Crippen LogP contribution in [0.2, 0.25) is 0 Å². The Hall–Kier alpha value is -1.95. The number of esters is 1. The highest BCUT2D eigenvalue weighted by Crippen LogP contribution is 2.13. The number of hydrogen-bond acceptors (Lipinski definition) is 3. The van der Waals surface area contributed by atoms with E-state index in [0.29, 0.717) is 12.3 Å². The van der Waals surface area contributed by atoms with E-state index in [-0.39, 0.29) is 12.4 Å². The Labute approximate surface area is 102 Å². The number of rotatable bonds is 3. The molecule has 0 saturated carbocycles. The number of nitrogens with two attached hydrogens (primary N) is 1. The summed E-state index contributed by atoms with van der Waals surface area (Å²) in [7, 11) is 0. The van der Waals surface area contributed by atoms with Gasteiger partial charge in [0.05, 0.1) is 6.61 Å². The fourth-order valence-electron chi connectivity index (χ4n) is 1.36. The van der Waals surface area contributed by atoms with Crippen LogP contribution >= 0.6 is 0 Å². The van der Waals surface area contributed by atoms with E-state index in [1.54, 1.807) is 6.92 Å². The van der Waals surface area contributed by atoms with Gasteiger partial charge in [-0.15, -0.1) is 0 Å². The van der Waals surface area contributed by atoms with Crippen molar-refractivity contribution in [1.82, 2.24) is 0 Å². The van der Waals surface area contributed by atoms with E-state index in [9.17, 15) is 4.79 Å². The summed E-state index contributed by atoms with van der Waals surface area (Å²) in [5, 5.41) is 0. The molecule has 0 fully saturated rings. The highest BCUT2D eigenvalue weighted by atomic mass is 16.5. The average Bonchev–Trinajstić information content (AvgIpc) is 2.32. The molecule has 0 aromatic heterocycles. The molecule has 0 atom stereocenters. The van der Waals surface area contributed by atoms with Crippen LogP contribution in [0.5, 0.6) is 0 Å². The van der Waals surface area contributed by atoms with Crippen molar-refractivity contribution in [3.8, 4) is 11.8 Å². The van der Waals surface area contributed by atoms with Crippen molar-refractivity contribution in [1.29, 1.82) is 0 Å². The van der Waals surface area contributed by atoms with Crippen molar-refractivity contribution in [2.45, 2.75) is 26.7 Å². The van der Waals surface area contributed by atoms with Crippen LogP contribution in [0.4, 0.5) is 5.69 Å². The fraction of sp³-hybridized carbons (Fsp3) is 0.357. The van der Waals surface area contributed by atoms with E-state index in [1.807, 2.05) is 18.2 Å². The van der Waals surface area contributed by atoms with Crippen molar-refractivity contribution in [3.63, 3.8) is 0 Å². The number of carbonyl (C=O) groups excluding carboxylic acids is 1. The number of anilines is 1. The molecule has 3 nitrogen and oxygen atoms in total. The van der Waals surface area contributed by atoms with Gasteiger partial charge < -0.3 is 10.5 Å². The van der Waals surface area contributed by atoms with Gasteiger partial charge in [0.15, 0.2) is 0 Å². The molecular formula is C14H17NO2. The van der Waals surface area contributed by atoms with E-state index in [1.165, 1.54) is 5.56 Å². The third kappa shape index (κ3) is 4.20. The highest BCUT2D eigenvalue weighted by molar-refractivity contribution is 5.73. The summed E-state index contributed by atoms with van der Waals surface area (Å²) in [6, 6.07) is 5.77. The molecule has 1 aromatic carbocycles. The predicted molar refractivity (Wildman–Crippen MR) is 68.4 cm³/mol. The van der Waals surface area contributed by atoms with Gasteiger partial charge >= 0.3 is 5.97 Å². The number of ether oxygens (including phenoxy) is 1. The second-order valence-corrected chi connectivity index (χ2v) is 3.56. The first-order valence-electron chi connectivity index (χ1n) is 5.70. The van der Waals surface area contributed by atoms with Crippen LogP contribution in [0.15, 0.2) is 18.2 Å². The monoisotopic (exact) mass is 231 g/mol. The molecule has 0 aliphatic rings. The molecule has 0 heterocycles. The van der Waals surface area contributed by atoms with Crippen LogP contribution in [0.1, 0.15) is 31.4 Å². The van der Waals surface area contributed by atoms with Crippen LogP contribution in [0, 0.1) is 11.8 Å². The lowest BCUT2D eigenvalue weighted by molar-refractivity contribution is -0.141. The Morgan fingerprint density at radius 3 is 2.82 bits per heavy atom. The van der Waals surface area contributed by atoms with Gasteiger partial charge in [0, 0.05) is 11.3 Å². The maximum absolute atomic E-state index is 11.1. The smallest absolute Gasteiger partial charge is 0.317 e. The standard InChI is InChI=1S/C14H17NO2/c1-3-11-8-9-13(15)12(10-11)6-5-7-14(16)17-4-2/h8-10H,3-4,7,15H2,1-2H3. The molecular weight excluding hydrogens is 214 g/mol. The van der Waals surface area contributed by atoms with Crippen LogP contribution in [0.25, 0.3) is 0 Å². The van der Waals surface area contributed by atoms with E-state index < -0.39 is 0 Å². The zero-order valence-electron chi connectivity index (χ0n) is 10.2. The van der Waals surface area contributed by atoms with Crippen LogP contribution in [-0.2, 0) is 16.0 Å². The highest BCUT2D eigenvalue weighted by Gasteiger charge is 1.99. The third-order valence-electron chi connectivity index (χ3n) is 2.29. The van der Waals surface area contributed by atoms with E-state index in [0.717, 1.165) is 12.0 Å². The summed E-state index contributed by atoms with van der Waals surface area (Å²) in [5.41, 5.74) is 8.39. The zero-order valence-corrected chi connectivity index (χ0v) is 10.2. The molecule has 0 bridgehead atoms. The lowest BCUT2D eigenvalue weighted by atomic mass is 10.1. The molecule has 2 N–H and O–H groups in total. The zero-order chi connectivity index (χ0) is 12.7. The van der Waals surface area contributed by atoms with E-state index in [2.05, 4.69) is 18.8 Å². The Balaban J connectivity index is 2.74. The molecule has 0 aliphatic heterocycles. The fourth-order valence-corrected chi connectivity index (χ4v) is 1.36. The summed E-state index contributed by atoms with van der Waals surface area (Å²) in [5.74, 6) is 5.37.